The molecule has 7 heteroatoms. The Balaban J connectivity index is 3.98. The molecule has 0 heterocycles. The predicted molar refractivity (Wildman–Crippen MR) is 68.9 cm³/mol. The average Bonchev–Trinajstić information content (AvgIpc) is 2.10. The molecule has 0 fully saturated rings. The molecule has 0 bridgehead atoms. The molecule has 1 atom stereocenters. The molecule has 0 aromatic carbocycles. The number of nitrogens with two attached hydrogens (primary N) is 2. The third-order valence-corrected chi connectivity index (χ3v) is 1.81. The van der Waals surface area contributed by atoms with Gasteiger partial charge in [-0.1, -0.05) is 0 Å². The number of ether oxygens (including phenoxy) is 1. The van der Waals surface area contributed by atoms with E-state index in [1.54, 1.807) is 27.7 Å². The van der Waals surface area contributed by atoms with E-state index < -0.39 is 17.6 Å². The second-order valence-corrected chi connectivity index (χ2v) is 5.02. The minimum absolute atomic E-state index is 0.162. The summed E-state index contributed by atoms with van der Waals surface area (Å²) < 4.78 is 5.08. The van der Waals surface area contributed by atoms with Crippen LogP contribution in [0.5, 0.6) is 0 Å². The van der Waals surface area contributed by atoms with Gasteiger partial charge in [-0.05, 0) is 34.1 Å². The van der Waals surface area contributed by atoms with Gasteiger partial charge in [0.15, 0.2) is 5.96 Å². The molecule has 0 saturated heterocycles. The van der Waals surface area contributed by atoms with Crippen LogP contribution in [0.4, 0.5) is 4.79 Å². The van der Waals surface area contributed by atoms with Crippen LogP contribution in [0.2, 0.25) is 0 Å². The van der Waals surface area contributed by atoms with Crippen molar-refractivity contribution < 1.29 is 14.3 Å². The Morgan fingerprint density at radius 2 is 1.89 bits per heavy atom. The van der Waals surface area contributed by atoms with E-state index >= 15 is 0 Å². The quantitative estimate of drug-likeness (QED) is 0.500. The number of guanidine groups is 1. The molecule has 0 saturated carbocycles. The van der Waals surface area contributed by atoms with Crippen LogP contribution in [-0.4, -0.2) is 29.6 Å². The van der Waals surface area contributed by atoms with E-state index in [4.69, 9.17) is 16.2 Å². The highest BCUT2D eigenvalue weighted by Gasteiger charge is 2.17. The second-order valence-electron chi connectivity index (χ2n) is 5.02. The van der Waals surface area contributed by atoms with Crippen molar-refractivity contribution in [3.05, 3.63) is 0 Å². The van der Waals surface area contributed by atoms with E-state index in [2.05, 4.69) is 10.3 Å². The van der Waals surface area contributed by atoms with E-state index in [0.717, 1.165) is 0 Å². The first-order chi connectivity index (χ1) is 8.10. The molecule has 5 N–H and O–H groups in total. The van der Waals surface area contributed by atoms with Gasteiger partial charge in [-0.15, -0.1) is 0 Å². The average molecular weight is 258 g/mol. The van der Waals surface area contributed by atoms with Crippen molar-refractivity contribution in [2.45, 2.75) is 52.2 Å². The van der Waals surface area contributed by atoms with Crippen LogP contribution < -0.4 is 16.8 Å². The first-order valence-electron chi connectivity index (χ1n) is 5.72. The first kappa shape index (κ1) is 16.2. The van der Waals surface area contributed by atoms with Crippen LogP contribution in [0.1, 0.15) is 40.5 Å². The van der Waals surface area contributed by atoms with Gasteiger partial charge >= 0.3 is 6.09 Å². The highest BCUT2D eigenvalue weighted by atomic mass is 16.6. The van der Waals surface area contributed by atoms with Gasteiger partial charge in [0, 0.05) is 12.5 Å². The number of carbonyl (C=O) groups excluding carboxylic acids is 2. The Kier molecular flexibility index (Phi) is 6.15. The van der Waals surface area contributed by atoms with E-state index in [-0.39, 0.29) is 18.4 Å². The minimum atomic E-state index is -0.544. The van der Waals surface area contributed by atoms with E-state index in [9.17, 15) is 9.59 Å². The van der Waals surface area contributed by atoms with Crippen LogP contribution in [0.25, 0.3) is 0 Å². The lowest BCUT2D eigenvalue weighted by atomic mass is 10.2. The molecule has 1 unspecified atom stereocenters. The van der Waals surface area contributed by atoms with Crippen LogP contribution in [0.3, 0.4) is 0 Å². The van der Waals surface area contributed by atoms with Crippen molar-refractivity contribution in [3.8, 4) is 0 Å². The Morgan fingerprint density at radius 3 is 2.33 bits per heavy atom. The number of rotatable bonds is 4. The van der Waals surface area contributed by atoms with Crippen molar-refractivity contribution in [1.82, 2.24) is 5.32 Å². The summed E-state index contributed by atoms with van der Waals surface area (Å²) in [7, 11) is 0. The van der Waals surface area contributed by atoms with Crippen LogP contribution in [-0.2, 0) is 9.53 Å². The van der Waals surface area contributed by atoms with E-state index in [1.807, 2.05) is 0 Å². The first-order valence-corrected chi connectivity index (χ1v) is 5.72. The maximum Gasteiger partial charge on any atom is 0.407 e. The zero-order valence-corrected chi connectivity index (χ0v) is 11.3. The van der Waals surface area contributed by atoms with Crippen molar-refractivity contribution >= 4 is 18.0 Å². The number of amides is 2. The highest BCUT2D eigenvalue weighted by Crippen LogP contribution is 2.07. The van der Waals surface area contributed by atoms with Crippen LogP contribution in [0.15, 0.2) is 4.99 Å². The normalized spacial score (nSPS) is 12.4. The summed E-state index contributed by atoms with van der Waals surface area (Å²) in [6.07, 6.45) is 0.0910. The lowest BCUT2D eigenvalue weighted by Crippen LogP contribution is -2.37. The van der Waals surface area contributed by atoms with Gasteiger partial charge in [0.1, 0.15) is 5.60 Å². The molecular formula is C11H22N4O3. The second kappa shape index (κ2) is 6.83. The lowest BCUT2D eigenvalue weighted by Gasteiger charge is -2.21. The Hall–Kier alpha value is -1.79. The van der Waals surface area contributed by atoms with Gasteiger partial charge in [0.05, 0.1) is 0 Å². The Labute approximate surface area is 107 Å². The van der Waals surface area contributed by atoms with E-state index in [0.29, 0.717) is 6.42 Å². The molecule has 0 radical (unpaired) electrons. The summed E-state index contributed by atoms with van der Waals surface area (Å²) in [5.74, 6) is -0.666. The summed E-state index contributed by atoms with van der Waals surface area (Å²) in [4.78, 5) is 26.0. The maximum absolute atomic E-state index is 11.4. The Morgan fingerprint density at radius 1 is 1.33 bits per heavy atom. The minimum Gasteiger partial charge on any atom is -0.444 e. The number of carbonyl (C=O) groups is 2. The van der Waals surface area contributed by atoms with Gasteiger partial charge < -0.3 is 21.5 Å². The van der Waals surface area contributed by atoms with Crippen molar-refractivity contribution in [2.75, 3.05) is 0 Å². The van der Waals surface area contributed by atoms with Gasteiger partial charge in [-0.25, -0.2) is 4.79 Å². The third kappa shape index (κ3) is 9.44. The Bertz CT molecular complexity index is 330. The molecule has 0 spiro atoms. The molecule has 18 heavy (non-hydrogen) atoms. The summed E-state index contributed by atoms with van der Waals surface area (Å²) >= 11 is 0. The number of nitrogens with zero attached hydrogens (tertiary/aromatic N) is 1. The molecule has 0 aromatic rings. The molecule has 0 aliphatic rings. The lowest BCUT2D eigenvalue weighted by molar-refractivity contribution is -0.118. The molecule has 0 rings (SSSR count). The van der Waals surface area contributed by atoms with Crippen LogP contribution in [0, 0.1) is 0 Å². The summed E-state index contributed by atoms with van der Waals surface area (Å²) in [5.41, 5.74) is 9.59. The van der Waals surface area contributed by atoms with Gasteiger partial charge in [0.2, 0.25) is 5.91 Å². The molecule has 104 valence electrons. The van der Waals surface area contributed by atoms with Crippen LogP contribution >= 0.6 is 0 Å². The van der Waals surface area contributed by atoms with Gasteiger partial charge in [0.25, 0.3) is 0 Å². The third-order valence-electron chi connectivity index (χ3n) is 1.81. The number of alkyl carbamates (subject to hydrolysis) is 1. The topological polar surface area (TPSA) is 120 Å². The summed E-state index contributed by atoms with van der Waals surface area (Å²) in [6.45, 7) is 7.10. The highest BCUT2D eigenvalue weighted by molar-refractivity contribution is 5.91. The maximum atomic E-state index is 11.4. The molecule has 0 aromatic heterocycles. The molecule has 0 aliphatic carbocycles. The number of hydrogen-bond acceptors (Lipinski definition) is 3. The predicted octanol–water partition coefficient (Wildman–Crippen LogP) is 0.480. The SMILES string of the molecule is CC(CCC(=O)N=C(N)N)NC(=O)OC(C)(C)C. The monoisotopic (exact) mass is 258 g/mol. The molecule has 2 amide bonds. The van der Waals surface area contributed by atoms with Gasteiger partial charge in [-0.2, -0.15) is 4.99 Å². The zero-order valence-electron chi connectivity index (χ0n) is 11.3. The number of nitrogens with one attached hydrogen (secondary N) is 1. The molecule has 7 nitrogen and oxygen atoms in total. The van der Waals surface area contributed by atoms with Crippen molar-refractivity contribution in [2.24, 2.45) is 16.5 Å². The van der Waals surface area contributed by atoms with Crippen molar-refractivity contribution in [3.63, 3.8) is 0 Å². The zero-order chi connectivity index (χ0) is 14.3. The fraction of sp³-hybridized carbons (Fsp3) is 0.727. The summed E-state index contributed by atoms with van der Waals surface area (Å²) in [6, 6.07) is -0.196. The number of aliphatic imine (C=N–C) groups is 1. The molecular weight excluding hydrogens is 236 g/mol. The largest absolute Gasteiger partial charge is 0.444 e. The van der Waals surface area contributed by atoms with Gasteiger partial charge in [-0.3, -0.25) is 4.79 Å². The standard InChI is InChI=1S/C11H22N4O3/c1-7(5-6-8(16)15-9(12)13)14-10(17)18-11(2,3)4/h7H,5-6H2,1-4H3,(H,14,17)(H4,12,13,15,16). The fourth-order valence-electron chi connectivity index (χ4n) is 1.12. The fourth-order valence-corrected chi connectivity index (χ4v) is 1.12. The summed E-state index contributed by atoms with van der Waals surface area (Å²) in [5, 5.41) is 2.62. The number of hydrogen-bond donors (Lipinski definition) is 3. The van der Waals surface area contributed by atoms with E-state index in [1.165, 1.54) is 0 Å². The smallest absolute Gasteiger partial charge is 0.407 e. The molecule has 0 aliphatic heterocycles. The van der Waals surface area contributed by atoms with Crippen molar-refractivity contribution in [1.29, 1.82) is 0 Å².